The van der Waals surface area contributed by atoms with Gasteiger partial charge >= 0.3 is 0 Å². The lowest BCUT2D eigenvalue weighted by molar-refractivity contribution is 0.361. The Morgan fingerprint density at radius 1 is 1.31 bits per heavy atom. The highest BCUT2D eigenvalue weighted by Gasteiger charge is 2.10. The van der Waals surface area contributed by atoms with Crippen molar-refractivity contribution < 1.29 is 0 Å². The highest BCUT2D eigenvalue weighted by molar-refractivity contribution is 5.83. The highest BCUT2D eigenvalue weighted by Crippen LogP contribution is 2.22. The Kier molecular flexibility index (Phi) is 3.76. The van der Waals surface area contributed by atoms with Crippen molar-refractivity contribution in [2.45, 2.75) is 46.5 Å². The maximum Gasteiger partial charge on any atom is 0.0964 e. The first kappa shape index (κ1) is 10.6. The number of rotatable bonds is 4. The van der Waals surface area contributed by atoms with Crippen LogP contribution < -0.4 is 5.32 Å². The number of unbranched alkanes of at least 4 members (excludes halogenated alkanes) is 1. The Hall–Kier alpha value is -0.530. The van der Waals surface area contributed by atoms with Gasteiger partial charge in [-0.05, 0) is 18.3 Å². The molecule has 0 radical (unpaired) electrons. The fourth-order valence-corrected chi connectivity index (χ4v) is 1.56. The Morgan fingerprint density at radius 3 is 2.62 bits per heavy atom. The number of hydrogen-bond donors (Lipinski definition) is 1. The summed E-state index contributed by atoms with van der Waals surface area (Å²) in [6, 6.07) is 0. The standard InChI is InChI=1S/C11H22N2/c1-11(2,3)7-5-4-6-10-12-8-9-13-10/h4-9H2,1-3H3,(H,12,13). The fourth-order valence-electron chi connectivity index (χ4n) is 1.56. The Labute approximate surface area is 81.8 Å². The van der Waals surface area contributed by atoms with E-state index < -0.39 is 0 Å². The third kappa shape index (κ3) is 4.91. The monoisotopic (exact) mass is 182 g/mol. The van der Waals surface area contributed by atoms with Gasteiger partial charge in [0.15, 0.2) is 0 Å². The average molecular weight is 182 g/mol. The van der Waals surface area contributed by atoms with Crippen molar-refractivity contribution in [2.24, 2.45) is 10.4 Å². The number of amidine groups is 1. The van der Waals surface area contributed by atoms with Crippen LogP contribution in [0.2, 0.25) is 0 Å². The minimum atomic E-state index is 0.491. The van der Waals surface area contributed by atoms with Crippen molar-refractivity contribution in [3.8, 4) is 0 Å². The molecule has 2 nitrogen and oxygen atoms in total. The lowest BCUT2D eigenvalue weighted by atomic mass is 9.89. The molecule has 0 amide bonds. The minimum absolute atomic E-state index is 0.491. The van der Waals surface area contributed by atoms with Crippen LogP contribution in [0, 0.1) is 5.41 Å². The summed E-state index contributed by atoms with van der Waals surface area (Å²) in [6.07, 6.45) is 5.07. The highest BCUT2D eigenvalue weighted by atomic mass is 15.1. The molecule has 0 aromatic rings. The zero-order valence-electron chi connectivity index (χ0n) is 9.19. The summed E-state index contributed by atoms with van der Waals surface area (Å²) in [4.78, 5) is 4.38. The van der Waals surface area contributed by atoms with Crippen molar-refractivity contribution in [1.82, 2.24) is 5.32 Å². The molecule has 0 aliphatic carbocycles. The van der Waals surface area contributed by atoms with E-state index in [4.69, 9.17) is 0 Å². The summed E-state index contributed by atoms with van der Waals surface area (Å²) in [5.74, 6) is 1.23. The van der Waals surface area contributed by atoms with Gasteiger partial charge in [0.1, 0.15) is 0 Å². The number of aliphatic imine (C=N–C) groups is 1. The summed E-state index contributed by atoms with van der Waals surface area (Å²) in [5.41, 5.74) is 0.491. The molecule has 0 aromatic carbocycles. The van der Waals surface area contributed by atoms with Crippen LogP contribution in [0.1, 0.15) is 46.5 Å². The zero-order valence-corrected chi connectivity index (χ0v) is 9.19. The van der Waals surface area contributed by atoms with Crippen LogP contribution in [-0.2, 0) is 0 Å². The van der Waals surface area contributed by atoms with Gasteiger partial charge in [-0.2, -0.15) is 0 Å². The van der Waals surface area contributed by atoms with Gasteiger partial charge in [0.05, 0.1) is 12.4 Å². The third-order valence-corrected chi connectivity index (χ3v) is 2.33. The molecule has 0 saturated carbocycles. The Balaban J connectivity index is 2.01. The molecule has 2 heteroatoms. The molecule has 0 bridgehead atoms. The molecule has 0 unspecified atom stereocenters. The maximum atomic E-state index is 4.38. The van der Waals surface area contributed by atoms with Crippen molar-refractivity contribution >= 4 is 5.84 Å². The van der Waals surface area contributed by atoms with E-state index >= 15 is 0 Å². The van der Waals surface area contributed by atoms with E-state index in [1.807, 2.05) is 0 Å². The van der Waals surface area contributed by atoms with Gasteiger partial charge in [-0.25, -0.2) is 0 Å². The molecule has 0 aromatic heterocycles. The molecular formula is C11H22N2. The van der Waals surface area contributed by atoms with E-state index in [0.29, 0.717) is 5.41 Å². The Morgan fingerprint density at radius 2 is 2.08 bits per heavy atom. The van der Waals surface area contributed by atoms with Crippen LogP contribution >= 0.6 is 0 Å². The van der Waals surface area contributed by atoms with Crippen LogP contribution in [0.3, 0.4) is 0 Å². The van der Waals surface area contributed by atoms with Gasteiger partial charge in [-0.1, -0.05) is 27.2 Å². The van der Waals surface area contributed by atoms with Crippen LogP contribution in [-0.4, -0.2) is 18.9 Å². The molecule has 76 valence electrons. The Bertz CT molecular complexity index is 177. The average Bonchev–Trinajstić information content (AvgIpc) is 2.48. The fraction of sp³-hybridized carbons (Fsp3) is 0.909. The molecule has 1 heterocycles. The molecule has 0 saturated heterocycles. The van der Waals surface area contributed by atoms with Crippen LogP contribution in [0.25, 0.3) is 0 Å². The first-order valence-electron chi connectivity index (χ1n) is 5.35. The van der Waals surface area contributed by atoms with E-state index in [1.54, 1.807) is 0 Å². The van der Waals surface area contributed by atoms with Crippen molar-refractivity contribution in [3.05, 3.63) is 0 Å². The van der Waals surface area contributed by atoms with Crippen molar-refractivity contribution in [2.75, 3.05) is 13.1 Å². The number of nitrogens with zero attached hydrogens (tertiary/aromatic N) is 1. The van der Waals surface area contributed by atoms with Gasteiger partial charge in [-0.3, -0.25) is 4.99 Å². The van der Waals surface area contributed by atoms with E-state index in [9.17, 15) is 0 Å². The summed E-state index contributed by atoms with van der Waals surface area (Å²) < 4.78 is 0. The molecule has 13 heavy (non-hydrogen) atoms. The van der Waals surface area contributed by atoms with Gasteiger partial charge in [-0.15, -0.1) is 0 Å². The predicted octanol–water partition coefficient (Wildman–Crippen LogP) is 2.59. The summed E-state index contributed by atoms with van der Waals surface area (Å²) >= 11 is 0. The largest absolute Gasteiger partial charge is 0.372 e. The summed E-state index contributed by atoms with van der Waals surface area (Å²) in [7, 11) is 0. The lowest BCUT2D eigenvalue weighted by Crippen LogP contribution is -2.18. The molecule has 1 rings (SSSR count). The molecule has 1 N–H and O–H groups in total. The van der Waals surface area contributed by atoms with Gasteiger partial charge < -0.3 is 5.32 Å². The van der Waals surface area contributed by atoms with E-state index in [0.717, 1.165) is 19.5 Å². The smallest absolute Gasteiger partial charge is 0.0964 e. The predicted molar refractivity (Wildman–Crippen MR) is 58.2 cm³/mol. The van der Waals surface area contributed by atoms with E-state index in [1.165, 1.54) is 25.1 Å². The van der Waals surface area contributed by atoms with Crippen molar-refractivity contribution in [1.29, 1.82) is 0 Å². The molecular weight excluding hydrogens is 160 g/mol. The molecule has 0 atom stereocenters. The molecule has 1 aliphatic heterocycles. The van der Waals surface area contributed by atoms with Crippen LogP contribution in [0.4, 0.5) is 0 Å². The van der Waals surface area contributed by atoms with Gasteiger partial charge in [0.25, 0.3) is 0 Å². The first-order chi connectivity index (χ1) is 6.08. The minimum Gasteiger partial charge on any atom is -0.372 e. The molecule has 1 aliphatic rings. The topological polar surface area (TPSA) is 24.4 Å². The molecule has 0 spiro atoms. The van der Waals surface area contributed by atoms with Crippen molar-refractivity contribution in [3.63, 3.8) is 0 Å². The number of nitrogens with one attached hydrogen (secondary N) is 1. The second kappa shape index (κ2) is 4.64. The van der Waals surface area contributed by atoms with Gasteiger partial charge in [0, 0.05) is 13.0 Å². The summed E-state index contributed by atoms with van der Waals surface area (Å²) in [6.45, 7) is 8.94. The second-order valence-electron chi connectivity index (χ2n) is 5.02. The van der Waals surface area contributed by atoms with E-state index in [-0.39, 0.29) is 0 Å². The second-order valence-corrected chi connectivity index (χ2v) is 5.02. The molecule has 0 fully saturated rings. The summed E-state index contributed by atoms with van der Waals surface area (Å²) in [5, 5.41) is 3.30. The number of hydrogen-bond acceptors (Lipinski definition) is 2. The van der Waals surface area contributed by atoms with E-state index in [2.05, 4.69) is 31.1 Å². The van der Waals surface area contributed by atoms with Crippen LogP contribution in [0.15, 0.2) is 4.99 Å². The lowest BCUT2D eigenvalue weighted by Gasteiger charge is -2.17. The first-order valence-corrected chi connectivity index (χ1v) is 5.35. The quantitative estimate of drug-likeness (QED) is 0.664. The maximum absolute atomic E-state index is 4.38. The zero-order chi connectivity index (χ0) is 9.73. The normalized spacial score (nSPS) is 17.0. The third-order valence-electron chi connectivity index (χ3n) is 2.33. The van der Waals surface area contributed by atoms with Gasteiger partial charge in [0.2, 0.25) is 0 Å². The van der Waals surface area contributed by atoms with Crippen LogP contribution in [0.5, 0.6) is 0 Å². The SMILES string of the molecule is CC(C)(C)CCCCC1=NCCN1.